The van der Waals surface area contributed by atoms with E-state index in [0.29, 0.717) is 11.5 Å². The first-order valence-corrected chi connectivity index (χ1v) is 11.7. The number of terminal acetylenes is 1. The van der Waals surface area contributed by atoms with Crippen LogP contribution in [0.1, 0.15) is 11.1 Å². The number of morpholine rings is 1. The molecule has 1 aromatic heterocycles. The summed E-state index contributed by atoms with van der Waals surface area (Å²) in [5.41, 5.74) is 4.88. The molecule has 0 spiro atoms. The van der Waals surface area contributed by atoms with E-state index >= 15 is 0 Å². The first-order chi connectivity index (χ1) is 17.7. The van der Waals surface area contributed by atoms with Gasteiger partial charge in [-0.25, -0.2) is 14.8 Å². The summed E-state index contributed by atoms with van der Waals surface area (Å²) in [7, 11) is 0. The lowest BCUT2D eigenvalue weighted by Crippen LogP contribution is -2.35. The number of nitrogens with zero attached hydrogens (tertiary/aromatic N) is 3. The largest absolute Gasteiger partial charge is 0.379 e. The highest BCUT2D eigenvalue weighted by atomic mass is 16.5. The quantitative estimate of drug-likeness (QED) is 0.344. The van der Waals surface area contributed by atoms with Gasteiger partial charge in [-0.3, -0.25) is 4.90 Å². The number of fused-ring (bicyclic) bond motifs is 1. The molecule has 0 atom stereocenters. The minimum Gasteiger partial charge on any atom is -0.379 e. The first-order valence-electron chi connectivity index (χ1n) is 11.7. The fraction of sp³-hybridized carbons (Fsp3) is 0.179. The van der Waals surface area contributed by atoms with Crippen molar-refractivity contribution in [2.45, 2.75) is 6.54 Å². The molecule has 2 amide bonds. The molecule has 0 radical (unpaired) electrons. The molecule has 1 aliphatic heterocycles. The molecule has 1 aliphatic rings. The van der Waals surface area contributed by atoms with Crippen molar-refractivity contribution in [1.29, 1.82) is 0 Å². The second-order valence-corrected chi connectivity index (χ2v) is 8.47. The number of urea groups is 1. The summed E-state index contributed by atoms with van der Waals surface area (Å²) in [5.74, 6) is 3.25. The Morgan fingerprint density at radius 2 is 1.72 bits per heavy atom. The second kappa shape index (κ2) is 10.9. The van der Waals surface area contributed by atoms with Gasteiger partial charge in [-0.1, -0.05) is 24.1 Å². The van der Waals surface area contributed by atoms with Gasteiger partial charge in [0.05, 0.1) is 18.7 Å². The van der Waals surface area contributed by atoms with Crippen LogP contribution in [0.25, 0.3) is 10.9 Å². The van der Waals surface area contributed by atoms with E-state index in [1.54, 1.807) is 0 Å². The third kappa shape index (κ3) is 5.78. The number of hydrogen-bond acceptors (Lipinski definition) is 6. The third-order valence-electron chi connectivity index (χ3n) is 5.91. The predicted molar refractivity (Wildman–Crippen MR) is 142 cm³/mol. The Morgan fingerprint density at radius 1 is 0.944 bits per heavy atom. The molecule has 0 aliphatic carbocycles. The molecule has 3 aromatic carbocycles. The molecule has 8 heteroatoms. The topological polar surface area (TPSA) is 91.4 Å². The Bertz CT molecular complexity index is 1410. The maximum Gasteiger partial charge on any atom is 0.323 e. The molecule has 0 unspecified atom stereocenters. The van der Waals surface area contributed by atoms with Gasteiger partial charge in [0, 0.05) is 47.6 Å². The number of ether oxygens (including phenoxy) is 1. The lowest BCUT2D eigenvalue weighted by Gasteiger charge is -2.26. The Morgan fingerprint density at radius 3 is 2.53 bits per heavy atom. The number of anilines is 4. The van der Waals surface area contributed by atoms with Crippen molar-refractivity contribution in [3.05, 3.63) is 84.2 Å². The van der Waals surface area contributed by atoms with Crippen LogP contribution in [0.5, 0.6) is 0 Å². The zero-order valence-corrected chi connectivity index (χ0v) is 19.7. The summed E-state index contributed by atoms with van der Waals surface area (Å²) in [4.78, 5) is 23.7. The van der Waals surface area contributed by atoms with Crippen molar-refractivity contribution >= 4 is 39.8 Å². The molecule has 2 heterocycles. The smallest absolute Gasteiger partial charge is 0.323 e. The maximum atomic E-state index is 12.7. The molecule has 180 valence electrons. The fourth-order valence-electron chi connectivity index (χ4n) is 4.06. The highest BCUT2D eigenvalue weighted by molar-refractivity contribution is 6.02. The number of hydrogen-bond donors (Lipinski definition) is 3. The summed E-state index contributed by atoms with van der Waals surface area (Å²) in [5, 5.41) is 9.84. The summed E-state index contributed by atoms with van der Waals surface area (Å²) in [6.07, 6.45) is 7.01. The van der Waals surface area contributed by atoms with Crippen molar-refractivity contribution in [2.24, 2.45) is 0 Å². The lowest BCUT2D eigenvalue weighted by molar-refractivity contribution is 0.0342. The van der Waals surface area contributed by atoms with Crippen LogP contribution in [-0.4, -0.2) is 47.2 Å². The molecular weight excluding hydrogens is 452 g/mol. The Hall–Kier alpha value is -4.45. The molecule has 0 bridgehead atoms. The van der Waals surface area contributed by atoms with Gasteiger partial charge in [0.1, 0.15) is 12.1 Å². The number of benzene rings is 3. The molecule has 1 saturated heterocycles. The van der Waals surface area contributed by atoms with Crippen LogP contribution in [0.4, 0.5) is 27.7 Å². The predicted octanol–water partition coefficient (Wildman–Crippen LogP) is 4.83. The highest BCUT2D eigenvalue weighted by Crippen LogP contribution is 2.26. The highest BCUT2D eigenvalue weighted by Gasteiger charge is 2.11. The van der Waals surface area contributed by atoms with Crippen LogP contribution >= 0.6 is 0 Å². The van der Waals surface area contributed by atoms with Crippen LogP contribution in [-0.2, 0) is 11.3 Å². The van der Waals surface area contributed by atoms with E-state index in [1.807, 2.05) is 66.7 Å². The molecule has 1 fully saturated rings. The minimum atomic E-state index is -0.330. The van der Waals surface area contributed by atoms with Gasteiger partial charge in [0.2, 0.25) is 0 Å². The maximum absolute atomic E-state index is 12.7. The van der Waals surface area contributed by atoms with E-state index < -0.39 is 0 Å². The number of rotatable bonds is 6. The van der Waals surface area contributed by atoms with Gasteiger partial charge in [0.15, 0.2) is 0 Å². The number of amides is 2. The minimum absolute atomic E-state index is 0.330. The molecule has 5 rings (SSSR count). The van der Waals surface area contributed by atoms with E-state index in [2.05, 4.69) is 36.7 Å². The van der Waals surface area contributed by atoms with Crippen LogP contribution in [0.2, 0.25) is 0 Å². The van der Waals surface area contributed by atoms with Crippen LogP contribution < -0.4 is 16.0 Å². The molecular formula is C28H26N6O2. The number of nitrogens with one attached hydrogen (secondary N) is 3. The van der Waals surface area contributed by atoms with E-state index in [0.717, 1.165) is 60.7 Å². The fourth-order valence-corrected chi connectivity index (χ4v) is 4.06. The average Bonchev–Trinajstić information content (AvgIpc) is 2.91. The van der Waals surface area contributed by atoms with Crippen molar-refractivity contribution in [2.75, 3.05) is 42.3 Å². The standard InChI is InChI=1S/C28H26N6O2/c1-2-20-4-3-5-23(16-20)31-27-25-17-24(10-11-26(25)29-19-30-27)33-28(35)32-22-8-6-21(7-9-22)18-34-12-14-36-15-13-34/h1,3-11,16-17,19H,12-15,18H2,(H,29,30,31)(H2,32,33,35). The van der Waals surface area contributed by atoms with Crippen molar-refractivity contribution in [3.63, 3.8) is 0 Å². The Kier molecular flexibility index (Phi) is 7.03. The Balaban J connectivity index is 1.25. The molecule has 3 N–H and O–H groups in total. The number of carbonyl (C=O) groups is 1. The summed E-state index contributed by atoms with van der Waals surface area (Å²) in [6, 6.07) is 20.6. The van der Waals surface area contributed by atoms with Gasteiger partial charge in [0.25, 0.3) is 0 Å². The zero-order valence-electron chi connectivity index (χ0n) is 19.7. The molecule has 0 saturated carbocycles. The van der Waals surface area contributed by atoms with E-state index in [-0.39, 0.29) is 6.03 Å². The normalized spacial score (nSPS) is 13.6. The van der Waals surface area contributed by atoms with Crippen molar-refractivity contribution in [3.8, 4) is 12.3 Å². The molecule has 8 nitrogen and oxygen atoms in total. The Labute approximate surface area is 209 Å². The monoisotopic (exact) mass is 478 g/mol. The number of aromatic nitrogens is 2. The van der Waals surface area contributed by atoms with E-state index in [9.17, 15) is 4.79 Å². The van der Waals surface area contributed by atoms with Crippen molar-refractivity contribution < 1.29 is 9.53 Å². The molecule has 4 aromatic rings. The van der Waals surface area contributed by atoms with Gasteiger partial charge in [-0.15, -0.1) is 6.42 Å². The van der Waals surface area contributed by atoms with Crippen LogP contribution in [0.15, 0.2) is 73.1 Å². The van der Waals surface area contributed by atoms with E-state index in [4.69, 9.17) is 11.2 Å². The average molecular weight is 479 g/mol. The number of carbonyl (C=O) groups excluding carboxylic acids is 1. The van der Waals surface area contributed by atoms with Gasteiger partial charge < -0.3 is 20.7 Å². The first kappa shape index (κ1) is 23.3. The van der Waals surface area contributed by atoms with Crippen molar-refractivity contribution in [1.82, 2.24) is 14.9 Å². The zero-order chi connectivity index (χ0) is 24.7. The summed E-state index contributed by atoms with van der Waals surface area (Å²) >= 11 is 0. The van der Waals surface area contributed by atoms with Crippen LogP contribution in [0, 0.1) is 12.3 Å². The summed E-state index contributed by atoms with van der Waals surface area (Å²) in [6.45, 7) is 4.30. The SMILES string of the molecule is C#Cc1cccc(Nc2ncnc3ccc(NC(=O)Nc4ccc(CN5CCOCC5)cc4)cc23)c1. The summed E-state index contributed by atoms with van der Waals surface area (Å²) < 4.78 is 5.40. The van der Waals surface area contributed by atoms with Gasteiger partial charge in [-0.2, -0.15) is 0 Å². The third-order valence-corrected chi connectivity index (χ3v) is 5.91. The second-order valence-electron chi connectivity index (χ2n) is 8.47. The molecule has 36 heavy (non-hydrogen) atoms. The van der Waals surface area contributed by atoms with Gasteiger partial charge >= 0.3 is 6.03 Å². The van der Waals surface area contributed by atoms with Gasteiger partial charge in [-0.05, 0) is 54.1 Å². The lowest BCUT2D eigenvalue weighted by atomic mass is 10.2. The van der Waals surface area contributed by atoms with E-state index in [1.165, 1.54) is 11.9 Å². The van der Waals surface area contributed by atoms with Crippen LogP contribution in [0.3, 0.4) is 0 Å².